The lowest BCUT2D eigenvalue weighted by molar-refractivity contribution is 0.262. The van der Waals surface area contributed by atoms with Crippen LogP contribution in [-0.2, 0) is 0 Å². The van der Waals surface area contributed by atoms with Gasteiger partial charge in [0.25, 0.3) is 0 Å². The number of benzene rings is 1. The van der Waals surface area contributed by atoms with Crippen molar-refractivity contribution < 1.29 is 4.79 Å². The standard InChI is InChI=1S/C18H25N5OS/c1-11-7-12(2)10-23(9-11)18-22-21-17(25-18)20-16(24)19-15-6-5-13(3)14(4)8-15/h5-6,8,11-12H,7,9-10H2,1-4H3,(H2,19,20,21,24)/t11-,12-/m1/s1. The molecule has 0 bridgehead atoms. The zero-order valence-electron chi connectivity index (χ0n) is 15.2. The maximum atomic E-state index is 12.2. The minimum absolute atomic E-state index is 0.300. The van der Waals surface area contributed by atoms with Gasteiger partial charge in [-0.1, -0.05) is 31.3 Å². The van der Waals surface area contributed by atoms with Gasteiger partial charge in [0.05, 0.1) is 0 Å². The highest BCUT2D eigenvalue weighted by molar-refractivity contribution is 7.19. The SMILES string of the molecule is Cc1ccc(NC(=O)Nc2nnc(N3C[C@H](C)C[C@@H](C)C3)s2)cc1C. The first-order chi connectivity index (χ1) is 11.9. The predicted molar refractivity (Wildman–Crippen MR) is 104 cm³/mol. The Bertz CT molecular complexity index is 750. The Morgan fingerprint density at radius 2 is 1.84 bits per heavy atom. The van der Waals surface area contributed by atoms with Crippen molar-refractivity contribution in [2.45, 2.75) is 34.1 Å². The summed E-state index contributed by atoms with van der Waals surface area (Å²) >= 11 is 1.42. The Morgan fingerprint density at radius 1 is 1.12 bits per heavy atom. The van der Waals surface area contributed by atoms with Crippen molar-refractivity contribution in [1.82, 2.24) is 10.2 Å². The number of hydrogen-bond donors (Lipinski definition) is 2. The van der Waals surface area contributed by atoms with Crippen LogP contribution in [0.15, 0.2) is 18.2 Å². The predicted octanol–water partition coefficient (Wildman–Crippen LogP) is 4.28. The number of rotatable bonds is 3. The molecule has 2 atom stereocenters. The van der Waals surface area contributed by atoms with Crippen molar-refractivity contribution in [1.29, 1.82) is 0 Å². The molecule has 2 aromatic rings. The van der Waals surface area contributed by atoms with Crippen molar-refractivity contribution in [2.24, 2.45) is 11.8 Å². The highest BCUT2D eigenvalue weighted by atomic mass is 32.1. The van der Waals surface area contributed by atoms with E-state index in [9.17, 15) is 4.79 Å². The van der Waals surface area contributed by atoms with E-state index >= 15 is 0 Å². The first-order valence-electron chi connectivity index (χ1n) is 8.64. The van der Waals surface area contributed by atoms with Crippen molar-refractivity contribution in [3.8, 4) is 0 Å². The highest BCUT2D eigenvalue weighted by Crippen LogP contribution is 2.30. The third-order valence-corrected chi connectivity index (χ3v) is 5.44. The average Bonchev–Trinajstić information content (AvgIpc) is 2.98. The van der Waals surface area contributed by atoms with Gasteiger partial charge in [-0.15, -0.1) is 10.2 Å². The van der Waals surface area contributed by atoms with E-state index in [-0.39, 0.29) is 6.03 Å². The summed E-state index contributed by atoms with van der Waals surface area (Å²) in [7, 11) is 0. The van der Waals surface area contributed by atoms with E-state index in [1.165, 1.54) is 23.3 Å². The molecule has 3 rings (SSSR count). The van der Waals surface area contributed by atoms with E-state index < -0.39 is 0 Å². The van der Waals surface area contributed by atoms with Crippen LogP contribution in [0.4, 0.5) is 20.7 Å². The molecule has 0 saturated carbocycles. The average molecular weight is 359 g/mol. The number of amides is 2. The van der Waals surface area contributed by atoms with Crippen LogP contribution in [0.2, 0.25) is 0 Å². The smallest absolute Gasteiger partial charge is 0.325 e. The van der Waals surface area contributed by atoms with Gasteiger partial charge in [-0.3, -0.25) is 5.32 Å². The third kappa shape index (κ3) is 4.48. The Kier molecular flexibility index (Phi) is 5.22. The fourth-order valence-corrected chi connectivity index (χ4v) is 4.05. The van der Waals surface area contributed by atoms with Crippen LogP contribution in [0.25, 0.3) is 0 Å². The zero-order valence-corrected chi connectivity index (χ0v) is 16.0. The van der Waals surface area contributed by atoms with Gasteiger partial charge in [0.15, 0.2) is 0 Å². The van der Waals surface area contributed by atoms with Gasteiger partial charge < -0.3 is 10.2 Å². The molecule has 1 fully saturated rings. The molecule has 1 aromatic carbocycles. The summed E-state index contributed by atoms with van der Waals surface area (Å²) in [4.78, 5) is 14.4. The summed E-state index contributed by atoms with van der Waals surface area (Å²) in [6, 6.07) is 5.54. The number of nitrogens with one attached hydrogen (secondary N) is 2. The Hall–Kier alpha value is -2.15. The normalized spacial score (nSPS) is 20.4. The molecule has 134 valence electrons. The Morgan fingerprint density at radius 3 is 2.52 bits per heavy atom. The van der Waals surface area contributed by atoms with Crippen molar-refractivity contribution >= 4 is 33.3 Å². The Labute approximate surface area is 152 Å². The van der Waals surface area contributed by atoms with Gasteiger partial charge in [-0.05, 0) is 55.4 Å². The number of carbonyl (C=O) groups is 1. The second kappa shape index (κ2) is 7.39. The maximum Gasteiger partial charge on any atom is 0.325 e. The fourth-order valence-electron chi connectivity index (χ4n) is 3.29. The first-order valence-corrected chi connectivity index (χ1v) is 9.46. The highest BCUT2D eigenvalue weighted by Gasteiger charge is 2.24. The van der Waals surface area contributed by atoms with Crippen LogP contribution in [0.3, 0.4) is 0 Å². The minimum Gasteiger partial charge on any atom is -0.346 e. The molecule has 25 heavy (non-hydrogen) atoms. The number of hydrogen-bond acceptors (Lipinski definition) is 5. The molecule has 0 spiro atoms. The monoisotopic (exact) mass is 359 g/mol. The lowest BCUT2D eigenvalue weighted by Crippen LogP contribution is -2.38. The number of piperidine rings is 1. The molecule has 1 aromatic heterocycles. The number of urea groups is 1. The van der Waals surface area contributed by atoms with Crippen LogP contribution in [-0.4, -0.2) is 29.3 Å². The second-order valence-corrected chi connectivity index (χ2v) is 8.07. The van der Waals surface area contributed by atoms with Crippen molar-refractivity contribution in [2.75, 3.05) is 28.6 Å². The molecular weight excluding hydrogens is 334 g/mol. The number of aryl methyl sites for hydroxylation is 2. The van der Waals surface area contributed by atoms with Crippen molar-refractivity contribution in [3.05, 3.63) is 29.3 Å². The van der Waals surface area contributed by atoms with E-state index in [4.69, 9.17) is 0 Å². The zero-order chi connectivity index (χ0) is 18.0. The van der Waals surface area contributed by atoms with Crippen molar-refractivity contribution in [3.63, 3.8) is 0 Å². The van der Waals surface area contributed by atoms with E-state index in [1.807, 2.05) is 32.0 Å². The summed E-state index contributed by atoms with van der Waals surface area (Å²) in [6.45, 7) is 10.6. The van der Waals surface area contributed by atoms with Crippen LogP contribution in [0, 0.1) is 25.7 Å². The topological polar surface area (TPSA) is 70.1 Å². The summed E-state index contributed by atoms with van der Waals surface area (Å²) in [5, 5.41) is 15.4. The molecule has 1 aliphatic heterocycles. The van der Waals surface area contributed by atoms with Gasteiger partial charge in [0.1, 0.15) is 0 Å². The summed E-state index contributed by atoms with van der Waals surface area (Å²) in [6.07, 6.45) is 1.25. The van der Waals surface area contributed by atoms with E-state index in [0.29, 0.717) is 17.0 Å². The van der Waals surface area contributed by atoms with Crippen LogP contribution in [0.1, 0.15) is 31.4 Å². The molecular formula is C18H25N5OS. The lowest BCUT2D eigenvalue weighted by atomic mass is 9.92. The van der Waals surface area contributed by atoms with E-state index in [2.05, 4.69) is 39.6 Å². The van der Waals surface area contributed by atoms with Gasteiger partial charge in [0.2, 0.25) is 10.3 Å². The molecule has 2 amide bonds. The number of anilines is 3. The number of aromatic nitrogens is 2. The summed E-state index contributed by atoms with van der Waals surface area (Å²) < 4.78 is 0. The number of nitrogens with zero attached hydrogens (tertiary/aromatic N) is 3. The van der Waals surface area contributed by atoms with Gasteiger partial charge in [0, 0.05) is 18.8 Å². The van der Waals surface area contributed by atoms with E-state index in [1.54, 1.807) is 0 Å². The van der Waals surface area contributed by atoms with E-state index in [0.717, 1.165) is 29.5 Å². The number of carbonyl (C=O) groups excluding carboxylic acids is 1. The van der Waals surface area contributed by atoms with Gasteiger partial charge in [-0.2, -0.15) is 0 Å². The van der Waals surface area contributed by atoms with Crippen LogP contribution in [0.5, 0.6) is 0 Å². The molecule has 6 nitrogen and oxygen atoms in total. The largest absolute Gasteiger partial charge is 0.346 e. The molecule has 0 unspecified atom stereocenters. The van der Waals surface area contributed by atoms with Gasteiger partial charge >= 0.3 is 6.03 Å². The first kappa shape index (κ1) is 17.7. The maximum absolute atomic E-state index is 12.2. The molecule has 1 saturated heterocycles. The quantitative estimate of drug-likeness (QED) is 0.858. The minimum atomic E-state index is -0.300. The fraction of sp³-hybridized carbons (Fsp3) is 0.500. The molecule has 2 N–H and O–H groups in total. The molecule has 2 heterocycles. The molecule has 7 heteroatoms. The van der Waals surface area contributed by atoms with Gasteiger partial charge in [-0.25, -0.2) is 4.79 Å². The Balaban J connectivity index is 1.60. The van der Waals surface area contributed by atoms with Crippen LogP contribution < -0.4 is 15.5 Å². The van der Waals surface area contributed by atoms with Crippen LogP contribution >= 0.6 is 11.3 Å². The third-order valence-electron chi connectivity index (χ3n) is 4.54. The molecule has 0 radical (unpaired) electrons. The lowest BCUT2D eigenvalue weighted by Gasteiger charge is -2.34. The summed E-state index contributed by atoms with van der Waals surface area (Å²) in [5.41, 5.74) is 3.11. The summed E-state index contributed by atoms with van der Waals surface area (Å²) in [5.74, 6) is 1.30. The molecule has 1 aliphatic rings. The molecule has 0 aliphatic carbocycles. The second-order valence-electron chi connectivity index (χ2n) is 7.12.